The molecule has 3 rings (SSSR count). The van der Waals surface area contributed by atoms with Crippen molar-refractivity contribution in [1.29, 1.82) is 0 Å². The minimum atomic E-state index is -0.528. The Kier molecular flexibility index (Phi) is 10.1. The number of rotatable bonds is 12. The van der Waals surface area contributed by atoms with Gasteiger partial charge >= 0.3 is 6.03 Å². The Morgan fingerprint density at radius 3 is 2.44 bits per heavy atom. The van der Waals surface area contributed by atoms with Gasteiger partial charge in [-0.1, -0.05) is 48.5 Å². The van der Waals surface area contributed by atoms with Gasteiger partial charge in [0.25, 0.3) is 0 Å². The lowest BCUT2D eigenvalue weighted by molar-refractivity contribution is -0.133. The molecule has 180 valence electrons. The quantitative estimate of drug-likeness (QED) is 0.352. The third kappa shape index (κ3) is 7.97. The van der Waals surface area contributed by atoms with Crippen LogP contribution in [0.1, 0.15) is 23.8 Å². The van der Waals surface area contributed by atoms with Crippen LogP contribution in [0.3, 0.4) is 0 Å². The van der Waals surface area contributed by atoms with Gasteiger partial charge in [0.05, 0.1) is 12.2 Å². The number of ether oxygens (including phenoxy) is 1. The standard InChI is InChI=1S/C26H30FN3O3S/c1-2-33-16-9-15-29(26(32)28-24-14-7-6-13-23(24)27)20-25(31)30(19-22-12-8-17-34-22)18-21-10-4-3-5-11-21/h3-8,10-14,17H,2,9,15-16,18-20H2,1H3,(H,28,32). The number of nitrogens with zero attached hydrogens (tertiary/aromatic N) is 2. The Bertz CT molecular complexity index is 1030. The topological polar surface area (TPSA) is 61.9 Å². The molecule has 1 aromatic heterocycles. The number of para-hydroxylation sites is 1. The van der Waals surface area contributed by atoms with Gasteiger partial charge in [-0.15, -0.1) is 11.3 Å². The summed E-state index contributed by atoms with van der Waals surface area (Å²) in [6, 6.07) is 19.1. The Morgan fingerprint density at radius 2 is 1.74 bits per heavy atom. The number of carbonyl (C=O) groups excluding carboxylic acids is 2. The van der Waals surface area contributed by atoms with E-state index in [0.29, 0.717) is 39.3 Å². The monoisotopic (exact) mass is 483 g/mol. The second kappa shape index (κ2) is 13.5. The number of urea groups is 1. The number of benzene rings is 2. The molecule has 0 aliphatic heterocycles. The van der Waals surface area contributed by atoms with Crippen LogP contribution in [0.5, 0.6) is 0 Å². The molecule has 0 saturated heterocycles. The van der Waals surface area contributed by atoms with Crippen molar-refractivity contribution in [1.82, 2.24) is 9.80 Å². The predicted molar refractivity (Wildman–Crippen MR) is 133 cm³/mol. The van der Waals surface area contributed by atoms with E-state index in [1.165, 1.54) is 17.0 Å². The van der Waals surface area contributed by atoms with Gasteiger partial charge in [0.15, 0.2) is 0 Å². The SMILES string of the molecule is CCOCCCN(CC(=O)N(Cc1ccccc1)Cc1cccs1)C(=O)Nc1ccccc1F. The van der Waals surface area contributed by atoms with Crippen LogP contribution in [0.15, 0.2) is 72.1 Å². The summed E-state index contributed by atoms with van der Waals surface area (Å²) in [6.07, 6.45) is 0.565. The van der Waals surface area contributed by atoms with Crippen LogP contribution in [-0.2, 0) is 22.6 Å². The third-order valence-electron chi connectivity index (χ3n) is 5.15. The van der Waals surface area contributed by atoms with E-state index in [-0.39, 0.29) is 18.1 Å². The maximum absolute atomic E-state index is 14.1. The van der Waals surface area contributed by atoms with Crippen molar-refractivity contribution in [3.63, 3.8) is 0 Å². The lowest BCUT2D eigenvalue weighted by Crippen LogP contribution is -2.44. The van der Waals surface area contributed by atoms with Gasteiger partial charge in [0.2, 0.25) is 5.91 Å². The van der Waals surface area contributed by atoms with E-state index in [4.69, 9.17) is 4.74 Å². The second-order valence-electron chi connectivity index (χ2n) is 7.70. The fraction of sp³-hybridized carbons (Fsp3) is 0.308. The summed E-state index contributed by atoms with van der Waals surface area (Å²) in [5, 5.41) is 4.57. The van der Waals surface area contributed by atoms with Crippen molar-refractivity contribution in [2.75, 3.05) is 31.6 Å². The number of halogens is 1. The molecule has 3 aromatic rings. The normalized spacial score (nSPS) is 10.6. The Balaban J connectivity index is 1.74. The maximum Gasteiger partial charge on any atom is 0.322 e. The van der Waals surface area contributed by atoms with E-state index in [2.05, 4.69) is 5.32 Å². The Labute approximate surface area is 204 Å². The first-order valence-corrected chi connectivity index (χ1v) is 12.2. The zero-order valence-corrected chi connectivity index (χ0v) is 20.1. The molecule has 0 fully saturated rings. The number of amides is 3. The molecular weight excluding hydrogens is 453 g/mol. The minimum Gasteiger partial charge on any atom is -0.382 e. The number of carbonyl (C=O) groups is 2. The summed E-state index contributed by atoms with van der Waals surface area (Å²) >= 11 is 1.58. The Morgan fingerprint density at radius 1 is 0.971 bits per heavy atom. The molecule has 0 bridgehead atoms. The van der Waals surface area contributed by atoms with E-state index in [1.807, 2.05) is 54.8 Å². The molecule has 0 unspecified atom stereocenters. The van der Waals surface area contributed by atoms with Crippen LogP contribution >= 0.6 is 11.3 Å². The van der Waals surface area contributed by atoms with Crippen molar-refractivity contribution < 1.29 is 18.7 Å². The van der Waals surface area contributed by atoms with E-state index >= 15 is 0 Å². The first kappa shape index (κ1) is 25.4. The molecule has 0 saturated carbocycles. The van der Waals surface area contributed by atoms with E-state index in [9.17, 15) is 14.0 Å². The van der Waals surface area contributed by atoms with Crippen molar-refractivity contribution >= 4 is 29.0 Å². The summed E-state index contributed by atoms with van der Waals surface area (Å²) in [7, 11) is 0. The average Bonchev–Trinajstić information content (AvgIpc) is 3.36. The van der Waals surface area contributed by atoms with Crippen molar-refractivity contribution in [2.45, 2.75) is 26.4 Å². The first-order chi connectivity index (χ1) is 16.6. The highest BCUT2D eigenvalue weighted by Gasteiger charge is 2.22. The lowest BCUT2D eigenvalue weighted by Gasteiger charge is -2.28. The molecule has 6 nitrogen and oxygen atoms in total. The highest BCUT2D eigenvalue weighted by atomic mass is 32.1. The van der Waals surface area contributed by atoms with Crippen LogP contribution in [-0.4, -0.2) is 48.0 Å². The summed E-state index contributed by atoms with van der Waals surface area (Å²) < 4.78 is 19.5. The van der Waals surface area contributed by atoms with E-state index in [0.717, 1.165) is 10.4 Å². The molecule has 0 radical (unpaired) electrons. The smallest absolute Gasteiger partial charge is 0.322 e. The molecular formula is C26H30FN3O3S. The number of hydrogen-bond acceptors (Lipinski definition) is 4. The highest BCUT2D eigenvalue weighted by Crippen LogP contribution is 2.17. The summed E-state index contributed by atoms with van der Waals surface area (Å²) in [5.41, 5.74) is 1.08. The second-order valence-corrected chi connectivity index (χ2v) is 8.73. The summed E-state index contributed by atoms with van der Waals surface area (Å²) in [6.45, 7) is 4.02. The fourth-order valence-corrected chi connectivity index (χ4v) is 4.12. The molecule has 0 atom stereocenters. The third-order valence-corrected chi connectivity index (χ3v) is 6.01. The number of anilines is 1. The van der Waals surface area contributed by atoms with Crippen LogP contribution in [0.2, 0.25) is 0 Å². The molecule has 0 aliphatic rings. The zero-order chi connectivity index (χ0) is 24.2. The van der Waals surface area contributed by atoms with Gasteiger partial charge in [-0.3, -0.25) is 4.79 Å². The van der Waals surface area contributed by atoms with Gasteiger partial charge in [-0.2, -0.15) is 0 Å². The van der Waals surface area contributed by atoms with Gasteiger partial charge < -0.3 is 19.9 Å². The molecule has 2 aromatic carbocycles. The first-order valence-electron chi connectivity index (χ1n) is 11.3. The lowest BCUT2D eigenvalue weighted by atomic mass is 10.2. The molecule has 8 heteroatoms. The number of hydrogen-bond donors (Lipinski definition) is 1. The van der Waals surface area contributed by atoms with Crippen molar-refractivity contribution in [3.8, 4) is 0 Å². The number of thiophene rings is 1. The molecule has 0 spiro atoms. The van der Waals surface area contributed by atoms with Gasteiger partial charge in [0.1, 0.15) is 12.4 Å². The van der Waals surface area contributed by atoms with E-state index < -0.39 is 11.8 Å². The summed E-state index contributed by atoms with van der Waals surface area (Å²) in [4.78, 5) is 30.6. The summed E-state index contributed by atoms with van der Waals surface area (Å²) in [5.74, 6) is -0.711. The molecule has 34 heavy (non-hydrogen) atoms. The molecule has 1 heterocycles. The zero-order valence-electron chi connectivity index (χ0n) is 19.3. The van der Waals surface area contributed by atoms with Gasteiger partial charge in [-0.25, -0.2) is 9.18 Å². The fourth-order valence-electron chi connectivity index (χ4n) is 3.40. The van der Waals surface area contributed by atoms with Crippen molar-refractivity contribution in [2.24, 2.45) is 0 Å². The van der Waals surface area contributed by atoms with E-state index in [1.54, 1.807) is 28.4 Å². The van der Waals surface area contributed by atoms with Gasteiger partial charge in [0, 0.05) is 31.2 Å². The number of nitrogens with one attached hydrogen (secondary N) is 1. The maximum atomic E-state index is 14.1. The van der Waals surface area contributed by atoms with Gasteiger partial charge in [-0.05, 0) is 42.5 Å². The van der Waals surface area contributed by atoms with Crippen LogP contribution < -0.4 is 5.32 Å². The average molecular weight is 484 g/mol. The molecule has 0 aliphatic carbocycles. The Hall–Kier alpha value is -3.23. The molecule has 1 N–H and O–H groups in total. The van der Waals surface area contributed by atoms with Crippen LogP contribution in [0.25, 0.3) is 0 Å². The highest BCUT2D eigenvalue weighted by molar-refractivity contribution is 7.09. The molecule has 3 amide bonds. The minimum absolute atomic E-state index is 0.0782. The predicted octanol–water partition coefficient (Wildman–Crippen LogP) is 5.38. The van der Waals surface area contributed by atoms with Crippen LogP contribution in [0.4, 0.5) is 14.9 Å². The van der Waals surface area contributed by atoms with Crippen LogP contribution in [0, 0.1) is 5.82 Å². The van der Waals surface area contributed by atoms with Crippen molar-refractivity contribution in [3.05, 3.63) is 88.4 Å². The largest absolute Gasteiger partial charge is 0.382 e.